The molecule has 1 atom stereocenters. The molecule has 7 heteroatoms. The fourth-order valence-electron chi connectivity index (χ4n) is 2.94. The largest absolute Gasteiger partial charge is 0.345 e. The lowest BCUT2D eigenvalue weighted by Crippen LogP contribution is -2.38. The molecule has 1 N–H and O–H groups in total. The van der Waals surface area contributed by atoms with Crippen molar-refractivity contribution in [3.05, 3.63) is 70.3 Å². The van der Waals surface area contributed by atoms with Crippen LogP contribution in [0.1, 0.15) is 30.6 Å². The van der Waals surface area contributed by atoms with Gasteiger partial charge in [-0.1, -0.05) is 30.3 Å². The van der Waals surface area contributed by atoms with E-state index in [1.165, 1.54) is 11.6 Å². The second kappa shape index (κ2) is 7.26. The summed E-state index contributed by atoms with van der Waals surface area (Å²) in [6.07, 6.45) is 2.77. The summed E-state index contributed by atoms with van der Waals surface area (Å²) < 4.78 is 29.5. The van der Waals surface area contributed by atoms with E-state index in [4.69, 9.17) is 0 Å². The van der Waals surface area contributed by atoms with E-state index in [1.54, 1.807) is 31.2 Å². The summed E-state index contributed by atoms with van der Waals surface area (Å²) in [6.45, 7) is 3.27. The number of rotatable bonds is 5. The van der Waals surface area contributed by atoms with Crippen molar-refractivity contribution in [3.8, 4) is 11.3 Å². The number of hydrogen-bond acceptors (Lipinski definition) is 4. The fourth-order valence-corrected chi connectivity index (χ4v) is 2.94. The number of aryl methyl sites for hydroxylation is 1. The quantitative estimate of drug-likeness (QED) is 0.637. The van der Waals surface area contributed by atoms with Gasteiger partial charge in [0.1, 0.15) is 17.2 Å². The molecule has 0 bridgehead atoms. The molecule has 1 aliphatic carbocycles. The molecule has 2 aromatic rings. The average molecular weight is 371 g/mol. The minimum absolute atomic E-state index is 0.0105. The molecular formula is C20H19F2N3O2. The highest BCUT2D eigenvalue weighted by molar-refractivity contribution is 6.04. The van der Waals surface area contributed by atoms with E-state index in [0.29, 0.717) is 5.56 Å². The van der Waals surface area contributed by atoms with Crippen LogP contribution in [0.4, 0.5) is 14.5 Å². The standard InChI is InChI=1S/C20H19F2N3O2/c1-3-25-19(27)18(23-20(22)11-9-15(21)10-12-20)16(13(2)26)17(24-25)14-7-5-4-6-8-14/h4-11,23H,3,12H2,1-2H3. The summed E-state index contributed by atoms with van der Waals surface area (Å²) in [5.74, 6) is -3.16. The number of Topliss-reactive ketones (excluding diaryl/α,β-unsaturated/α-hetero) is 1. The van der Waals surface area contributed by atoms with Crippen molar-refractivity contribution < 1.29 is 13.6 Å². The highest BCUT2D eigenvalue weighted by atomic mass is 19.1. The van der Waals surface area contributed by atoms with Crippen LogP contribution in [0.15, 0.2) is 59.2 Å². The van der Waals surface area contributed by atoms with Crippen LogP contribution in [0.3, 0.4) is 0 Å². The molecule has 0 aliphatic heterocycles. The number of carbonyl (C=O) groups excluding carboxylic acids is 1. The molecule has 27 heavy (non-hydrogen) atoms. The number of nitrogens with one attached hydrogen (secondary N) is 1. The Hall–Kier alpha value is -3.09. The molecule has 1 aliphatic rings. The van der Waals surface area contributed by atoms with Crippen molar-refractivity contribution in [1.29, 1.82) is 0 Å². The molecule has 3 rings (SSSR count). The number of aromatic nitrogens is 2. The van der Waals surface area contributed by atoms with Gasteiger partial charge in [0.25, 0.3) is 5.56 Å². The van der Waals surface area contributed by atoms with Gasteiger partial charge < -0.3 is 5.32 Å². The summed E-state index contributed by atoms with van der Waals surface area (Å²) in [5, 5.41) is 6.82. The van der Waals surface area contributed by atoms with E-state index in [0.717, 1.165) is 18.2 Å². The predicted octanol–water partition coefficient (Wildman–Crippen LogP) is 4.02. The zero-order valence-electron chi connectivity index (χ0n) is 15.0. The second-order valence-electron chi connectivity index (χ2n) is 6.26. The summed E-state index contributed by atoms with van der Waals surface area (Å²) in [4.78, 5) is 25.2. The Balaban J connectivity index is 2.22. The van der Waals surface area contributed by atoms with E-state index >= 15 is 4.39 Å². The maximum atomic E-state index is 15.1. The Morgan fingerprint density at radius 2 is 2.04 bits per heavy atom. The van der Waals surface area contributed by atoms with Gasteiger partial charge in [0.2, 0.25) is 5.79 Å². The second-order valence-corrected chi connectivity index (χ2v) is 6.26. The smallest absolute Gasteiger partial charge is 0.290 e. The number of halogens is 2. The highest BCUT2D eigenvalue weighted by Gasteiger charge is 2.32. The minimum atomic E-state index is -2.18. The normalized spacial score (nSPS) is 18.9. The minimum Gasteiger partial charge on any atom is -0.345 e. The van der Waals surface area contributed by atoms with Gasteiger partial charge in [-0.05, 0) is 32.1 Å². The topological polar surface area (TPSA) is 64.0 Å². The van der Waals surface area contributed by atoms with Crippen LogP contribution in [-0.4, -0.2) is 21.4 Å². The van der Waals surface area contributed by atoms with Crippen molar-refractivity contribution in [1.82, 2.24) is 9.78 Å². The maximum absolute atomic E-state index is 15.1. The van der Waals surface area contributed by atoms with Gasteiger partial charge in [0, 0.05) is 18.5 Å². The number of benzene rings is 1. The SMILES string of the molecule is CCn1nc(-c2ccccc2)c(C(C)=O)c(NC2(F)C=CC(F)=CC2)c1=O. The van der Waals surface area contributed by atoms with E-state index < -0.39 is 23.0 Å². The Labute approximate surface area is 155 Å². The molecule has 1 heterocycles. The van der Waals surface area contributed by atoms with Gasteiger partial charge >= 0.3 is 0 Å². The van der Waals surface area contributed by atoms with Crippen LogP contribution in [0.5, 0.6) is 0 Å². The van der Waals surface area contributed by atoms with E-state index in [2.05, 4.69) is 10.4 Å². The van der Waals surface area contributed by atoms with Crippen LogP contribution in [0, 0.1) is 0 Å². The number of anilines is 1. The number of hydrogen-bond donors (Lipinski definition) is 1. The molecule has 0 amide bonds. The van der Waals surface area contributed by atoms with Crippen molar-refractivity contribution >= 4 is 11.5 Å². The number of alkyl halides is 1. The Morgan fingerprint density at radius 1 is 1.33 bits per heavy atom. The van der Waals surface area contributed by atoms with Gasteiger partial charge in [-0.25, -0.2) is 13.5 Å². The van der Waals surface area contributed by atoms with E-state index in [1.807, 2.05) is 6.07 Å². The third-order valence-electron chi connectivity index (χ3n) is 4.29. The number of allylic oxidation sites excluding steroid dienone is 2. The van der Waals surface area contributed by atoms with Crippen LogP contribution in [0.2, 0.25) is 0 Å². The number of carbonyl (C=O) groups is 1. The molecule has 1 unspecified atom stereocenters. The Bertz CT molecular complexity index is 996. The first-order valence-electron chi connectivity index (χ1n) is 8.58. The molecule has 0 saturated heterocycles. The van der Waals surface area contributed by atoms with Crippen molar-refractivity contribution in [2.45, 2.75) is 32.6 Å². The predicted molar refractivity (Wildman–Crippen MR) is 100 cm³/mol. The molecule has 0 radical (unpaired) electrons. The van der Waals surface area contributed by atoms with Crippen LogP contribution >= 0.6 is 0 Å². The first-order chi connectivity index (χ1) is 12.8. The average Bonchev–Trinajstić information content (AvgIpc) is 2.66. The van der Waals surface area contributed by atoms with Crippen molar-refractivity contribution in [3.63, 3.8) is 0 Å². The third-order valence-corrected chi connectivity index (χ3v) is 4.29. The summed E-state index contributed by atoms with van der Waals surface area (Å²) in [5.41, 5.74) is 0.142. The van der Waals surface area contributed by atoms with Crippen LogP contribution < -0.4 is 10.9 Å². The number of ketones is 1. The molecule has 0 saturated carbocycles. The maximum Gasteiger partial charge on any atom is 0.290 e. The lowest BCUT2D eigenvalue weighted by Gasteiger charge is -2.26. The molecular weight excluding hydrogens is 352 g/mol. The molecule has 1 aromatic carbocycles. The lowest BCUT2D eigenvalue weighted by atomic mass is 10.00. The zero-order valence-corrected chi connectivity index (χ0v) is 15.0. The molecule has 0 fully saturated rings. The highest BCUT2D eigenvalue weighted by Crippen LogP contribution is 2.31. The van der Waals surface area contributed by atoms with Gasteiger partial charge in [0.15, 0.2) is 5.78 Å². The lowest BCUT2D eigenvalue weighted by molar-refractivity contribution is 0.101. The summed E-state index contributed by atoms with van der Waals surface area (Å²) >= 11 is 0. The van der Waals surface area contributed by atoms with Gasteiger partial charge in [-0.2, -0.15) is 5.10 Å². The molecule has 5 nitrogen and oxygen atoms in total. The van der Waals surface area contributed by atoms with Crippen molar-refractivity contribution in [2.75, 3.05) is 5.32 Å². The van der Waals surface area contributed by atoms with Crippen LogP contribution in [0.25, 0.3) is 11.3 Å². The Kier molecular flexibility index (Phi) is 5.03. The van der Waals surface area contributed by atoms with E-state index in [-0.39, 0.29) is 29.9 Å². The monoisotopic (exact) mass is 371 g/mol. The zero-order chi connectivity index (χ0) is 19.6. The van der Waals surface area contributed by atoms with Crippen LogP contribution in [-0.2, 0) is 6.54 Å². The first-order valence-corrected chi connectivity index (χ1v) is 8.58. The summed E-state index contributed by atoms with van der Waals surface area (Å²) in [7, 11) is 0. The Morgan fingerprint density at radius 3 is 2.59 bits per heavy atom. The summed E-state index contributed by atoms with van der Waals surface area (Å²) in [6, 6.07) is 8.89. The third kappa shape index (κ3) is 3.72. The molecule has 1 aromatic heterocycles. The fraction of sp³-hybridized carbons (Fsp3) is 0.250. The number of nitrogens with zero attached hydrogens (tertiary/aromatic N) is 2. The van der Waals surface area contributed by atoms with E-state index in [9.17, 15) is 14.0 Å². The van der Waals surface area contributed by atoms with Gasteiger partial charge in [0.05, 0.1) is 5.56 Å². The van der Waals surface area contributed by atoms with Gasteiger partial charge in [-0.15, -0.1) is 0 Å². The first kappa shape index (κ1) is 18.7. The molecule has 140 valence electrons. The van der Waals surface area contributed by atoms with Crippen molar-refractivity contribution in [2.24, 2.45) is 0 Å². The molecule has 0 spiro atoms. The van der Waals surface area contributed by atoms with Gasteiger partial charge in [-0.3, -0.25) is 9.59 Å².